The standard InChI is InChI=1S/C15H22ClNO/c1-11(12-5-3-7-14(16)9-12)17(2)10-13-6-4-8-15(13)18/h3,5,7,9,11,13,15,18H,4,6,8,10H2,1-2H3. The van der Waals surface area contributed by atoms with E-state index in [-0.39, 0.29) is 6.10 Å². The van der Waals surface area contributed by atoms with Crippen molar-refractivity contribution in [2.24, 2.45) is 5.92 Å². The molecule has 1 aromatic carbocycles. The normalized spacial score (nSPS) is 25.6. The minimum absolute atomic E-state index is 0.112. The van der Waals surface area contributed by atoms with Gasteiger partial charge in [0.2, 0.25) is 0 Å². The van der Waals surface area contributed by atoms with E-state index in [1.807, 2.05) is 18.2 Å². The molecule has 100 valence electrons. The molecule has 0 saturated heterocycles. The van der Waals surface area contributed by atoms with Gasteiger partial charge in [-0.05, 0) is 50.4 Å². The Kier molecular flexibility index (Phi) is 4.66. The molecule has 0 heterocycles. The highest BCUT2D eigenvalue weighted by atomic mass is 35.5. The molecule has 1 aromatic rings. The van der Waals surface area contributed by atoms with E-state index < -0.39 is 0 Å². The van der Waals surface area contributed by atoms with Crippen LogP contribution < -0.4 is 0 Å². The maximum absolute atomic E-state index is 9.89. The van der Waals surface area contributed by atoms with Crippen LogP contribution in [0.2, 0.25) is 5.02 Å². The van der Waals surface area contributed by atoms with E-state index in [0.717, 1.165) is 30.8 Å². The Balaban J connectivity index is 1.98. The predicted molar refractivity (Wildman–Crippen MR) is 75.8 cm³/mol. The van der Waals surface area contributed by atoms with Crippen molar-refractivity contribution in [1.29, 1.82) is 0 Å². The van der Waals surface area contributed by atoms with Gasteiger partial charge in [-0.2, -0.15) is 0 Å². The Morgan fingerprint density at radius 2 is 2.22 bits per heavy atom. The molecule has 3 heteroatoms. The van der Waals surface area contributed by atoms with Gasteiger partial charge < -0.3 is 5.11 Å². The van der Waals surface area contributed by atoms with Gasteiger partial charge in [0.05, 0.1) is 6.10 Å². The molecule has 2 rings (SSSR count). The fourth-order valence-electron chi connectivity index (χ4n) is 2.78. The molecular weight excluding hydrogens is 246 g/mol. The summed E-state index contributed by atoms with van der Waals surface area (Å²) in [7, 11) is 2.12. The minimum Gasteiger partial charge on any atom is -0.393 e. The number of hydrogen-bond donors (Lipinski definition) is 1. The molecule has 18 heavy (non-hydrogen) atoms. The lowest BCUT2D eigenvalue weighted by atomic mass is 10.0. The molecule has 0 radical (unpaired) electrons. The van der Waals surface area contributed by atoms with Crippen LogP contribution in [0.25, 0.3) is 0 Å². The van der Waals surface area contributed by atoms with Crippen LogP contribution in [0.5, 0.6) is 0 Å². The van der Waals surface area contributed by atoms with E-state index in [0.29, 0.717) is 12.0 Å². The second-order valence-corrected chi connectivity index (χ2v) is 5.87. The lowest BCUT2D eigenvalue weighted by Crippen LogP contribution is -2.31. The van der Waals surface area contributed by atoms with Crippen molar-refractivity contribution in [2.45, 2.75) is 38.3 Å². The van der Waals surface area contributed by atoms with E-state index in [1.54, 1.807) is 0 Å². The summed E-state index contributed by atoms with van der Waals surface area (Å²) in [5.74, 6) is 0.427. The van der Waals surface area contributed by atoms with Gasteiger partial charge in [-0.25, -0.2) is 0 Å². The average molecular weight is 268 g/mol. The molecular formula is C15H22ClNO. The fourth-order valence-corrected chi connectivity index (χ4v) is 2.98. The lowest BCUT2D eigenvalue weighted by molar-refractivity contribution is 0.0991. The highest BCUT2D eigenvalue weighted by molar-refractivity contribution is 6.30. The molecule has 1 saturated carbocycles. The first kappa shape index (κ1) is 13.9. The van der Waals surface area contributed by atoms with Crippen LogP contribution in [0.4, 0.5) is 0 Å². The Bertz CT molecular complexity index is 396. The molecule has 3 atom stereocenters. The maximum Gasteiger partial charge on any atom is 0.0580 e. The van der Waals surface area contributed by atoms with Crippen LogP contribution in [0, 0.1) is 5.92 Å². The largest absolute Gasteiger partial charge is 0.393 e. The van der Waals surface area contributed by atoms with E-state index in [2.05, 4.69) is 24.9 Å². The zero-order valence-electron chi connectivity index (χ0n) is 11.1. The Labute approximate surface area is 115 Å². The number of rotatable bonds is 4. The van der Waals surface area contributed by atoms with Crippen LogP contribution in [0.3, 0.4) is 0 Å². The highest BCUT2D eigenvalue weighted by Gasteiger charge is 2.27. The van der Waals surface area contributed by atoms with E-state index in [9.17, 15) is 5.11 Å². The molecule has 1 aliphatic carbocycles. The molecule has 1 N–H and O–H groups in total. The summed E-state index contributed by atoms with van der Waals surface area (Å²) in [6.07, 6.45) is 3.15. The molecule has 0 aromatic heterocycles. The third-order valence-electron chi connectivity index (χ3n) is 4.13. The molecule has 3 unspecified atom stereocenters. The number of aliphatic hydroxyl groups is 1. The van der Waals surface area contributed by atoms with Crippen LogP contribution >= 0.6 is 11.6 Å². The molecule has 1 aliphatic rings. The van der Waals surface area contributed by atoms with Gasteiger partial charge in [0, 0.05) is 17.6 Å². The van der Waals surface area contributed by atoms with E-state index >= 15 is 0 Å². The lowest BCUT2D eigenvalue weighted by Gasteiger charge is -2.29. The van der Waals surface area contributed by atoms with E-state index in [4.69, 9.17) is 11.6 Å². The molecule has 0 bridgehead atoms. The van der Waals surface area contributed by atoms with Crippen molar-refractivity contribution in [1.82, 2.24) is 4.90 Å². The second-order valence-electron chi connectivity index (χ2n) is 5.43. The number of benzene rings is 1. The predicted octanol–water partition coefficient (Wildman–Crippen LogP) is 3.49. The van der Waals surface area contributed by atoms with Crippen molar-refractivity contribution in [3.63, 3.8) is 0 Å². The number of hydrogen-bond acceptors (Lipinski definition) is 2. The topological polar surface area (TPSA) is 23.5 Å². The van der Waals surface area contributed by atoms with Crippen LogP contribution in [-0.2, 0) is 0 Å². The third kappa shape index (κ3) is 3.25. The summed E-state index contributed by atoms with van der Waals surface area (Å²) >= 11 is 6.03. The summed E-state index contributed by atoms with van der Waals surface area (Å²) in [6.45, 7) is 3.14. The van der Waals surface area contributed by atoms with Crippen molar-refractivity contribution in [2.75, 3.05) is 13.6 Å². The summed E-state index contributed by atoms with van der Waals surface area (Å²) < 4.78 is 0. The van der Waals surface area contributed by atoms with Gasteiger partial charge in [-0.1, -0.05) is 30.2 Å². The van der Waals surface area contributed by atoms with Gasteiger partial charge in [-0.15, -0.1) is 0 Å². The molecule has 0 amide bonds. The molecule has 2 nitrogen and oxygen atoms in total. The monoisotopic (exact) mass is 267 g/mol. The van der Waals surface area contributed by atoms with Crippen LogP contribution in [0.15, 0.2) is 24.3 Å². The minimum atomic E-state index is -0.112. The van der Waals surface area contributed by atoms with Gasteiger partial charge in [0.25, 0.3) is 0 Å². The highest BCUT2D eigenvalue weighted by Crippen LogP contribution is 2.29. The Morgan fingerprint density at radius 3 is 2.83 bits per heavy atom. The fraction of sp³-hybridized carbons (Fsp3) is 0.600. The first-order valence-electron chi connectivity index (χ1n) is 6.71. The number of aliphatic hydroxyl groups excluding tert-OH is 1. The smallest absolute Gasteiger partial charge is 0.0580 e. The van der Waals surface area contributed by atoms with Gasteiger partial charge in [-0.3, -0.25) is 4.90 Å². The Morgan fingerprint density at radius 1 is 1.44 bits per heavy atom. The van der Waals surface area contributed by atoms with Gasteiger partial charge in [0.15, 0.2) is 0 Å². The summed E-state index contributed by atoms with van der Waals surface area (Å²) in [5.41, 5.74) is 1.23. The molecule has 0 spiro atoms. The van der Waals surface area contributed by atoms with Crippen LogP contribution in [0.1, 0.15) is 37.8 Å². The van der Waals surface area contributed by atoms with Crippen molar-refractivity contribution < 1.29 is 5.11 Å². The first-order chi connectivity index (χ1) is 8.58. The summed E-state index contributed by atoms with van der Waals surface area (Å²) in [6, 6.07) is 8.35. The summed E-state index contributed by atoms with van der Waals surface area (Å²) in [4.78, 5) is 2.31. The zero-order chi connectivity index (χ0) is 13.1. The van der Waals surface area contributed by atoms with Gasteiger partial charge in [0.1, 0.15) is 0 Å². The zero-order valence-corrected chi connectivity index (χ0v) is 11.9. The Hall–Kier alpha value is -0.570. The number of halogens is 1. The van der Waals surface area contributed by atoms with Crippen LogP contribution in [-0.4, -0.2) is 29.7 Å². The van der Waals surface area contributed by atoms with Crippen molar-refractivity contribution in [3.05, 3.63) is 34.9 Å². The molecule has 1 fully saturated rings. The SMILES string of the molecule is CC(c1cccc(Cl)c1)N(C)CC1CCCC1O. The van der Waals surface area contributed by atoms with Crippen molar-refractivity contribution >= 4 is 11.6 Å². The van der Waals surface area contributed by atoms with Gasteiger partial charge >= 0.3 is 0 Å². The van der Waals surface area contributed by atoms with E-state index in [1.165, 1.54) is 5.56 Å². The van der Waals surface area contributed by atoms with Crippen molar-refractivity contribution in [3.8, 4) is 0 Å². The second kappa shape index (κ2) is 6.05. The third-order valence-corrected chi connectivity index (χ3v) is 4.37. The maximum atomic E-state index is 9.89. The molecule has 0 aliphatic heterocycles. The number of nitrogens with zero attached hydrogens (tertiary/aromatic N) is 1. The average Bonchev–Trinajstić information content (AvgIpc) is 2.74. The quantitative estimate of drug-likeness (QED) is 0.903. The summed E-state index contributed by atoms with van der Waals surface area (Å²) in [5, 5.41) is 10.7. The first-order valence-corrected chi connectivity index (χ1v) is 7.09.